The van der Waals surface area contributed by atoms with E-state index >= 15 is 0 Å². The Balaban J connectivity index is 1.74. The zero-order valence-corrected chi connectivity index (χ0v) is 16.7. The zero-order chi connectivity index (χ0) is 19.7. The molecule has 142 valence electrons. The van der Waals surface area contributed by atoms with E-state index < -0.39 is 10.9 Å². The van der Waals surface area contributed by atoms with Crippen molar-refractivity contribution < 1.29 is 19.2 Å². The first-order chi connectivity index (χ1) is 12.8. The van der Waals surface area contributed by atoms with Crippen molar-refractivity contribution in [2.75, 3.05) is 5.75 Å². The number of carbonyl (C=O) groups is 2. The minimum atomic E-state index is -0.555. The third-order valence-corrected chi connectivity index (χ3v) is 6.57. The van der Waals surface area contributed by atoms with Gasteiger partial charge in [-0.3, -0.25) is 19.8 Å². The molecule has 3 rings (SSSR count). The number of ether oxygens (including phenoxy) is 1. The quantitative estimate of drug-likeness (QED) is 0.233. The molecule has 2 aliphatic rings. The van der Waals surface area contributed by atoms with Crippen LogP contribution in [0.4, 0.5) is 5.69 Å². The summed E-state index contributed by atoms with van der Waals surface area (Å²) in [6.07, 6.45) is 0. The fourth-order valence-corrected chi connectivity index (χ4v) is 5.53. The van der Waals surface area contributed by atoms with Gasteiger partial charge >= 0.3 is 5.97 Å². The molecule has 0 bridgehead atoms. The van der Waals surface area contributed by atoms with E-state index in [9.17, 15) is 19.7 Å². The van der Waals surface area contributed by atoms with Gasteiger partial charge in [0, 0.05) is 17.7 Å². The highest BCUT2D eigenvalue weighted by molar-refractivity contribution is 8.22. The topological polar surface area (TPSA) is 89.8 Å². The number of thioether (sulfide) groups is 2. The number of nitro benzene ring substituents is 1. The molecule has 7 nitrogen and oxygen atoms in total. The summed E-state index contributed by atoms with van der Waals surface area (Å²) in [4.78, 5) is 36.8. The Morgan fingerprint density at radius 1 is 1.33 bits per heavy atom. The van der Waals surface area contributed by atoms with Crippen LogP contribution in [-0.4, -0.2) is 32.8 Å². The van der Waals surface area contributed by atoms with Crippen molar-refractivity contribution in [3.63, 3.8) is 0 Å². The van der Waals surface area contributed by atoms with Crippen molar-refractivity contribution in [3.05, 3.63) is 61.0 Å². The standard InChI is InChI=1S/C18H18N2O5S2/c1-4-26-18-14(19-15(21)13(10(2)3)16(19)27-18)17(22)25-9-11-5-7-12(8-6-11)20(23)24/h5-8,16H,4,9H2,1-3H3/t16-/m1/s1. The lowest BCUT2D eigenvalue weighted by molar-refractivity contribution is -0.384. The van der Waals surface area contributed by atoms with Gasteiger partial charge in [-0.05, 0) is 37.3 Å². The SMILES string of the molecule is CCSC1=C(C(=O)OCc2ccc([N+](=O)[O-])cc2)N2C(=O)C(=C(C)C)[C@H]2S1. The van der Waals surface area contributed by atoms with Gasteiger partial charge in [0.05, 0.1) is 9.16 Å². The van der Waals surface area contributed by atoms with Crippen LogP contribution in [0.3, 0.4) is 0 Å². The van der Waals surface area contributed by atoms with Crippen molar-refractivity contribution in [2.45, 2.75) is 32.8 Å². The molecule has 1 atom stereocenters. The number of non-ortho nitro benzene ring substituents is 1. The van der Waals surface area contributed by atoms with Crippen LogP contribution in [0, 0.1) is 10.1 Å². The zero-order valence-electron chi connectivity index (χ0n) is 15.1. The number of fused-ring (bicyclic) bond motifs is 1. The Hall–Kier alpha value is -2.26. The van der Waals surface area contributed by atoms with Crippen LogP contribution in [0.2, 0.25) is 0 Å². The highest BCUT2D eigenvalue weighted by Crippen LogP contribution is 2.53. The monoisotopic (exact) mass is 406 g/mol. The normalized spacial score (nSPS) is 18.3. The summed E-state index contributed by atoms with van der Waals surface area (Å²) in [5.74, 6) is 0.0716. The minimum absolute atomic E-state index is 0.0166. The molecule has 0 saturated carbocycles. The van der Waals surface area contributed by atoms with Gasteiger partial charge in [-0.25, -0.2) is 4.79 Å². The van der Waals surface area contributed by atoms with Gasteiger partial charge in [0.15, 0.2) is 5.70 Å². The van der Waals surface area contributed by atoms with Crippen LogP contribution in [0.15, 0.2) is 45.3 Å². The third-order valence-electron chi connectivity index (χ3n) is 4.11. The van der Waals surface area contributed by atoms with Crippen LogP contribution in [0.1, 0.15) is 26.3 Å². The maximum absolute atomic E-state index is 12.7. The molecular formula is C18H18N2O5S2. The summed E-state index contributed by atoms with van der Waals surface area (Å²) in [5.41, 5.74) is 2.61. The maximum Gasteiger partial charge on any atom is 0.357 e. The number of hydrogen-bond acceptors (Lipinski definition) is 7. The number of esters is 1. The Morgan fingerprint density at radius 2 is 2.00 bits per heavy atom. The summed E-state index contributed by atoms with van der Waals surface area (Å²) < 4.78 is 6.17. The van der Waals surface area contributed by atoms with Crippen molar-refractivity contribution in [3.8, 4) is 0 Å². The number of carbonyl (C=O) groups excluding carboxylic acids is 2. The maximum atomic E-state index is 12.7. The van der Waals surface area contributed by atoms with Gasteiger partial charge in [0.25, 0.3) is 11.6 Å². The Kier molecular flexibility index (Phi) is 5.61. The lowest BCUT2D eigenvalue weighted by Gasteiger charge is -2.38. The summed E-state index contributed by atoms with van der Waals surface area (Å²) in [7, 11) is 0. The van der Waals surface area contributed by atoms with Gasteiger partial charge in [0.1, 0.15) is 12.0 Å². The van der Waals surface area contributed by atoms with Gasteiger partial charge < -0.3 is 4.74 Å². The lowest BCUT2D eigenvalue weighted by Crippen LogP contribution is -2.51. The van der Waals surface area contributed by atoms with Crippen LogP contribution >= 0.6 is 23.5 Å². The first-order valence-electron chi connectivity index (χ1n) is 8.30. The molecule has 9 heteroatoms. The number of nitro groups is 1. The van der Waals surface area contributed by atoms with E-state index in [1.807, 2.05) is 20.8 Å². The highest BCUT2D eigenvalue weighted by atomic mass is 32.2. The molecule has 2 heterocycles. The molecule has 1 saturated heterocycles. The second-order valence-electron chi connectivity index (χ2n) is 6.13. The molecule has 1 aromatic carbocycles. The van der Waals surface area contributed by atoms with E-state index in [1.165, 1.54) is 40.6 Å². The number of benzene rings is 1. The first-order valence-corrected chi connectivity index (χ1v) is 10.2. The summed E-state index contributed by atoms with van der Waals surface area (Å²) in [6, 6.07) is 5.82. The summed E-state index contributed by atoms with van der Waals surface area (Å²) in [5, 5.41) is 10.5. The summed E-state index contributed by atoms with van der Waals surface area (Å²) in [6.45, 7) is 5.75. The molecule has 0 unspecified atom stereocenters. The molecule has 1 fully saturated rings. The van der Waals surface area contributed by atoms with Crippen molar-refractivity contribution in [1.82, 2.24) is 4.90 Å². The first kappa shape index (κ1) is 19.5. The molecule has 27 heavy (non-hydrogen) atoms. The molecule has 0 N–H and O–H groups in total. The fourth-order valence-electron chi connectivity index (χ4n) is 2.80. The van der Waals surface area contributed by atoms with Gasteiger partial charge in [0.2, 0.25) is 0 Å². The predicted octanol–water partition coefficient (Wildman–Crippen LogP) is 3.81. The smallest absolute Gasteiger partial charge is 0.357 e. The number of β-lactam (4-membered cyclic amide) rings is 1. The molecule has 0 radical (unpaired) electrons. The Morgan fingerprint density at radius 3 is 2.56 bits per heavy atom. The largest absolute Gasteiger partial charge is 0.456 e. The average molecular weight is 406 g/mol. The highest BCUT2D eigenvalue weighted by Gasteiger charge is 2.53. The van der Waals surface area contributed by atoms with Gasteiger partial charge in [-0.1, -0.05) is 24.3 Å². The van der Waals surface area contributed by atoms with Gasteiger partial charge in [-0.2, -0.15) is 0 Å². The Labute approximate surface area is 165 Å². The molecule has 1 amide bonds. The van der Waals surface area contributed by atoms with Crippen LogP contribution in [0.25, 0.3) is 0 Å². The van der Waals surface area contributed by atoms with Crippen LogP contribution < -0.4 is 0 Å². The molecule has 2 aliphatic heterocycles. The number of nitrogens with zero attached hydrogens (tertiary/aromatic N) is 2. The molecule has 0 aromatic heterocycles. The molecular weight excluding hydrogens is 388 g/mol. The summed E-state index contributed by atoms with van der Waals surface area (Å²) >= 11 is 3.02. The van der Waals surface area contributed by atoms with E-state index in [1.54, 1.807) is 12.1 Å². The lowest BCUT2D eigenvalue weighted by atomic mass is 10.0. The van der Waals surface area contributed by atoms with Gasteiger partial charge in [-0.15, -0.1) is 11.8 Å². The second-order valence-corrected chi connectivity index (χ2v) is 8.75. The van der Waals surface area contributed by atoms with E-state index in [0.717, 1.165) is 21.1 Å². The second kappa shape index (κ2) is 7.77. The number of allylic oxidation sites excluding steroid dienone is 1. The van der Waals surface area contributed by atoms with Crippen molar-refractivity contribution >= 4 is 41.1 Å². The van der Waals surface area contributed by atoms with Crippen molar-refractivity contribution in [2.24, 2.45) is 0 Å². The molecule has 1 aromatic rings. The predicted molar refractivity (Wildman–Crippen MR) is 105 cm³/mol. The number of amides is 1. The van der Waals surface area contributed by atoms with E-state index in [4.69, 9.17) is 4.74 Å². The van der Waals surface area contributed by atoms with Crippen LogP contribution in [0.5, 0.6) is 0 Å². The van der Waals surface area contributed by atoms with Crippen LogP contribution in [-0.2, 0) is 20.9 Å². The fraction of sp³-hybridized carbons (Fsp3) is 0.333. The van der Waals surface area contributed by atoms with E-state index in [-0.39, 0.29) is 23.6 Å². The molecule has 0 spiro atoms. The minimum Gasteiger partial charge on any atom is -0.456 e. The van der Waals surface area contributed by atoms with E-state index in [0.29, 0.717) is 11.3 Å². The third kappa shape index (κ3) is 3.61. The Bertz CT molecular complexity index is 872. The average Bonchev–Trinajstić information content (AvgIpc) is 2.94. The van der Waals surface area contributed by atoms with E-state index in [2.05, 4.69) is 0 Å². The van der Waals surface area contributed by atoms with Crippen molar-refractivity contribution in [1.29, 1.82) is 0 Å². The number of rotatable bonds is 6. The number of hydrogen-bond donors (Lipinski definition) is 0. The molecule has 0 aliphatic carbocycles.